The summed E-state index contributed by atoms with van der Waals surface area (Å²) in [6.45, 7) is 3.94. The first kappa shape index (κ1) is 35.5. The van der Waals surface area contributed by atoms with Crippen molar-refractivity contribution in [1.82, 2.24) is 25.2 Å². The van der Waals surface area contributed by atoms with Crippen LogP contribution in [0.2, 0.25) is 0 Å². The van der Waals surface area contributed by atoms with Crippen molar-refractivity contribution in [2.75, 3.05) is 25.1 Å². The maximum absolute atomic E-state index is 14.9. The minimum atomic E-state index is -1.54. The van der Waals surface area contributed by atoms with Crippen molar-refractivity contribution >= 4 is 40.0 Å². The molecule has 2 aliphatic heterocycles. The molecule has 3 fully saturated rings. The first-order chi connectivity index (χ1) is 23.9. The molecule has 1 aromatic heterocycles. The number of anilines is 1. The van der Waals surface area contributed by atoms with Crippen LogP contribution in [0.1, 0.15) is 89.8 Å². The zero-order valence-electron chi connectivity index (χ0n) is 29.0. The van der Waals surface area contributed by atoms with E-state index in [0.717, 1.165) is 42.1 Å². The van der Waals surface area contributed by atoms with Crippen LogP contribution in [0.3, 0.4) is 0 Å². The van der Waals surface area contributed by atoms with Crippen LogP contribution in [-0.2, 0) is 29.5 Å². The molecule has 0 bridgehead atoms. The number of hydrogen-bond acceptors (Lipinski definition) is 9. The fraction of sp³-hybridized carbons (Fsp3) is 0.568. The minimum Gasteiger partial charge on any atom is -0.384 e. The number of ether oxygens (including phenoxy) is 1. The van der Waals surface area contributed by atoms with Crippen molar-refractivity contribution < 1.29 is 29.0 Å². The van der Waals surface area contributed by atoms with E-state index in [9.17, 15) is 24.3 Å². The molecule has 2 saturated heterocycles. The van der Waals surface area contributed by atoms with Crippen LogP contribution < -0.4 is 16.4 Å². The van der Waals surface area contributed by atoms with Crippen LogP contribution in [0.5, 0.6) is 0 Å². The van der Waals surface area contributed by atoms with E-state index in [2.05, 4.69) is 20.9 Å². The maximum Gasteiger partial charge on any atom is 0.287 e. The Morgan fingerprint density at radius 1 is 1.04 bits per heavy atom. The molecule has 4 atom stereocenters. The van der Waals surface area contributed by atoms with Crippen LogP contribution in [0, 0.1) is 5.92 Å². The average Bonchev–Trinajstić information content (AvgIpc) is 3.72. The Kier molecular flexibility index (Phi) is 10.5. The standard InChI is InChI=1S/C37H49N7O6/c1-36(2,49)31-22-39-42-44(31)28-21-30(34(47)41-37(32(45)33(38)46)15-8-17-50-18-16-37)43(23-28)35(48)29(19-24-9-4-3-5-10-24)40-27-14-13-25-11-6-7-12-26(25)20-27/h6-7,11-14,20,22,24,28-30,40,49H,3-5,8-10,15-19,21,23H2,1-2H3,(H2,38,46)(H,41,47)/t28-,29?,30-,37?/m0/s1. The fourth-order valence-electron chi connectivity index (χ4n) is 8.01. The summed E-state index contributed by atoms with van der Waals surface area (Å²) in [5.74, 6) is -2.46. The predicted molar refractivity (Wildman–Crippen MR) is 187 cm³/mol. The quantitative estimate of drug-likeness (QED) is 0.220. The summed E-state index contributed by atoms with van der Waals surface area (Å²) in [5.41, 5.74) is 3.93. The summed E-state index contributed by atoms with van der Waals surface area (Å²) >= 11 is 0. The largest absolute Gasteiger partial charge is 0.384 e. The molecular weight excluding hydrogens is 638 g/mol. The van der Waals surface area contributed by atoms with Gasteiger partial charge in [-0.05, 0) is 61.9 Å². The molecule has 13 heteroatoms. The molecule has 3 amide bonds. The SMILES string of the molecule is CC(C)(O)c1cnnn1[C@H]1C[C@@H](C(=O)NC2(C(=O)C(N)=O)CCCOCC2)N(C(=O)C(CC2CCCCC2)Nc2ccc3ccccc3c2)C1. The first-order valence-electron chi connectivity index (χ1n) is 17.9. The number of fused-ring (bicyclic) bond motifs is 1. The number of carbonyl (C=O) groups excluding carboxylic acids is 4. The van der Waals surface area contributed by atoms with Gasteiger partial charge >= 0.3 is 0 Å². The lowest BCUT2D eigenvalue weighted by atomic mass is 9.84. The highest BCUT2D eigenvalue weighted by atomic mass is 16.5. The lowest BCUT2D eigenvalue weighted by Crippen LogP contribution is -2.62. The molecule has 5 N–H and O–H groups in total. The highest BCUT2D eigenvalue weighted by Crippen LogP contribution is 2.35. The number of ketones is 1. The van der Waals surface area contributed by atoms with E-state index in [-0.39, 0.29) is 38.3 Å². The summed E-state index contributed by atoms with van der Waals surface area (Å²) in [5, 5.41) is 27.8. The first-order valence-corrected chi connectivity index (χ1v) is 17.9. The molecule has 0 radical (unpaired) electrons. The van der Waals surface area contributed by atoms with Gasteiger partial charge in [0, 0.05) is 38.3 Å². The second kappa shape index (κ2) is 14.9. The van der Waals surface area contributed by atoms with Gasteiger partial charge in [-0.2, -0.15) is 0 Å². The van der Waals surface area contributed by atoms with E-state index in [1.807, 2.05) is 42.5 Å². The molecule has 13 nitrogen and oxygen atoms in total. The van der Waals surface area contributed by atoms with Gasteiger partial charge in [0.15, 0.2) is 0 Å². The van der Waals surface area contributed by atoms with Gasteiger partial charge < -0.3 is 31.1 Å². The zero-order chi connectivity index (χ0) is 35.5. The van der Waals surface area contributed by atoms with Gasteiger partial charge in [-0.15, -0.1) is 5.10 Å². The van der Waals surface area contributed by atoms with E-state index >= 15 is 0 Å². The lowest BCUT2D eigenvalue weighted by molar-refractivity contribution is -0.145. The Hall–Kier alpha value is -4.36. The molecular formula is C37H49N7O6. The molecule has 3 heterocycles. The zero-order valence-corrected chi connectivity index (χ0v) is 29.0. The third kappa shape index (κ3) is 7.68. The van der Waals surface area contributed by atoms with Crippen molar-refractivity contribution in [3.05, 3.63) is 54.4 Å². The summed E-state index contributed by atoms with van der Waals surface area (Å²) in [4.78, 5) is 56.4. The topological polar surface area (TPSA) is 182 Å². The highest BCUT2D eigenvalue weighted by molar-refractivity contribution is 6.39. The van der Waals surface area contributed by atoms with Crippen molar-refractivity contribution in [3.8, 4) is 0 Å². The van der Waals surface area contributed by atoms with Gasteiger partial charge in [0.2, 0.25) is 17.6 Å². The lowest BCUT2D eigenvalue weighted by Gasteiger charge is -2.35. The molecule has 268 valence electrons. The predicted octanol–water partition coefficient (Wildman–Crippen LogP) is 3.36. The second-order valence-electron chi connectivity index (χ2n) is 14.7. The number of benzene rings is 2. The van der Waals surface area contributed by atoms with E-state index < -0.39 is 46.9 Å². The van der Waals surface area contributed by atoms with E-state index in [0.29, 0.717) is 31.1 Å². The van der Waals surface area contributed by atoms with Gasteiger partial charge in [-0.3, -0.25) is 19.2 Å². The summed E-state index contributed by atoms with van der Waals surface area (Å²) < 4.78 is 7.16. The Morgan fingerprint density at radius 3 is 2.54 bits per heavy atom. The number of nitrogens with zero attached hydrogens (tertiary/aromatic N) is 4. The molecule has 2 aromatic carbocycles. The number of aliphatic hydroxyl groups is 1. The fourth-order valence-corrected chi connectivity index (χ4v) is 8.01. The number of primary amides is 1. The Balaban J connectivity index is 1.35. The Bertz CT molecular complexity index is 1700. The normalized spacial score (nSPS) is 24.0. The molecule has 2 unspecified atom stereocenters. The number of carbonyl (C=O) groups is 4. The summed E-state index contributed by atoms with van der Waals surface area (Å²) in [7, 11) is 0. The van der Waals surface area contributed by atoms with Gasteiger partial charge in [0.1, 0.15) is 23.2 Å². The second-order valence-corrected chi connectivity index (χ2v) is 14.7. The molecule has 1 saturated carbocycles. The third-order valence-electron chi connectivity index (χ3n) is 10.7. The highest BCUT2D eigenvalue weighted by Gasteiger charge is 2.49. The molecule has 3 aromatic rings. The molecule has 3 aliphatic rings. The summed E-state index contributed by atoms with van der Waals surface area (Å²) in [6, 6.07) is 11.9. The van der Waals surface area contributed by atoms with Crippen LogP contribution in [0.4, 0.5) is 5.69 Å². The smallest absolute Gasteiger partial charge is 0.287 e. The van der Waals surface area contributed by atoms with Crippen molar-refractivity contribution in [2.24, 2.45) is 11.7 Å². The molecule has 0 spiro atoms. The van der Waals surface area contributed by atoms with Gasteiger partial charge in [0.05, 0.1) is 17.9 Å². The maximum atomic E-state index is 14.9. The third-order valence-corrected chi connectivity index (χ3v) is 10.7. The number of hydrogen-bond donors (Lipinski definition) is 4. The van der Waals surface area contributed by atoms with E-state index in [1.165, 1.54) is 12.6 Å². The number of nitrogens with one attached hydrogen (secondary N) is 2. The van der Waals surface area contributed by atoms with Gasteiger partial charge in [-0.1, -0.05) is 67.6 Å². The van der Waals surface area contributed by atoms with Crippen molar-refractivity contribution in [1.29, 1.82) is 0 Å². The van der Waals surface area contributed by atoms with Crippen molar-refractivity contribution in [3.63, 3.8) is 0 Å². The van der Waals surface area contributed by atoms with E-state index in [1.54, 1.807) is 23.4 Å². The Labute approximate surface area is 292 Å². The van der Waals surface area contributed by atoms with Crippen LogP contribution >= 0.6 is 0 Å². The van der Waals surface area contributed by atoms with Crippen LogP contribution in [-0.4, -0.2) is 85.9 Å². The number of amides is 3. The molecule has 6 rings (SSSR count). The molecule has 1 aliphatic carbocycles. The number of likely N-dealkylation sites (tertiary alicyclic amines) is 1. The van der Waals surface area contributed by atoms with Crippen LogP contribution in [0.25, 0.3) is 10.8 Å². The van der Waals surface area contributed by atoms with Crippen LogP contribution in [0.15, 0.2) is 48.7 Å². The summed E-state index contributed by atoms with van der Waals surface area (Å²) in [6.07, 6.45) is 8.44. The monoisotopic (exact) mass is 687 g/mol. The van der Waals surface area contributed by atoms with Gasteiger partial charge in [-0.25, -0.2) is 4.68 Å². The average molecular weight is 688 g/mol. The molecule has 50 heavy (non-hydrogen) atoms. The number of Topliss-reactive ketones (excluding diaryl/α,β-unsaturated/α-hetero) is 1. The van der Waals surface area contributed by atoms with Crippen molar-refractivity contribution in [2.45, 2.75) is 107 Å². The van der Waals surface area contributed by atoms with E-state index in [4.69, 9.17) is 10.5 Å². The number of nitrogens with two attached hydrogens (primary N) is 1. The van der Waals surface area contributed by atoms with Gasteiger partial charge in [0.25, 0.3) is 5.91 Å². The number of rotatable bonds is 11. The minimum absolute atomic E-state index is 0.0877. The number of aromatic nitrogens is 3. The Morgan fingerprint density at radius 2 is 1.80 bits per heavy atom.